The molecule has 0 aliphatic heterocycles. The Morgan fingerprint density at radius 1 is 1.30 bits per heavy atom. The molecule has 1 N–H and O–H groups in total. The summed E-state index contributed by atoms with van der Waals surface area (Å²) < 4.78 is 6.35. The highest BCUT2D eigenvalue weighted by molar-refractivity contribution is 5.92. The molecule has 0 radical (unpaired) electrons. The molecule has 1 aliphatic carbocycles. The molecular formula is C17H26N2O4. The molecule has 0 amide bonds. The largest absolute Gasteiger partial charge is 0.505 e. The monoisotopic (exact) mass is 322 g/mol. The number of nitrogens with zero attached hydrogens (tertiary/aromatic N) is 2. The zero-order chi connectivity index (χ0) is 17.2. The van der Waals surface area contributed by atoms with Crippen molar-refractivity contribution < 1.29 is 14.6 Å². The Balaban J connectivity index is 2.64. The number of carbonyl (C=O) groups is 1. The van der Waals surface area contributed by atoms with Gasteiger partial charge in [0.15, 0.2) is 11.3 Å². The van der Waals surface area contributed by atoms with E-state index in [-0.39, 0.29) is 24.0 Å². The van der Waals surface area contributed by atoms with Gasteiger partial charge < -0.3 is 9.84 Å². The molecule has 1 saturated carbocycles. The van der Waals surface area contributed by atoms with E-state index in [0.29, 0.717) is 5.69 Å². The van der Waals surface area contributed by atoms with Gasteiger partial charge in [0.05, 0.1) is 12.6 Å². The van der Waals surface area contributed by atoms with Gasteiger partial charge in [-0.2, -0.15) is 5.10 Å². The van der Waals surface area contributed by atoms with Gasteiger partial charge in [-0.25, -0.2) is 9.48 Å². The maximum atomic E-state index is 12.7. The van der Waals surface area contributed by atoms with Crippen molar-refractivity contribution in [2.45, 2.75) is 71.3 Å². The second kappa shape index (κ2) is 6.72. The third kappa shape index (κ3) is 3.57. The summed E-state index contributed by atoms with van der Waals surface area (Å²) in [5.41, 5.74) is -0.987. The minimum Gasteiger partial charge on any atom is -0.505 e. The van der Waals surface area contributed by atoms with Crippen LogP contribution in [0.2, 0.25) is 0 Å². The Labute approximate surface area is 136 Å². The van der Waals surface area contributed by atoms with Crippen molar-refractivity contribution in [3.8, 4) is 5.75 Å². The lowest BCUT2D eigenvalue weighted by Gasteiger charge is -2.27. The standard InChI is InChI=1S/C17H26N2O4/c1-5-23-16(22)12-13(20)14(17(2,3)4)18-19(15(12)21)11-9-7-6-8-10-11/h11,20H,5-10H2,1-4H3. The second-order valence-electron chi connectivity index (χ2n) is 7.08. The van der Waals surface area contributed by atoms with Gasteiger partial charge in [0.1, 0.15) is 5.69 Å². The van der Waals surface area contributed by atoms with E-state index >= 15 is 0 Å². The predicted octanol–water partition coefficient (Wildman–Crippen LogP) is 2.93. The summed E-state index contributed by atoms with van der Waals surface area (Å²) in [5.74, 6) is -1.14. The van der Waals surface area contributed by atoms with Gasteiger partial charge in [0.25, 0.3) is 5.56 Å². The van der Waals surface area contributed by atoms with Gasteiger partial charge in [-0.1, -0.05) is 40.0 Å². The van der Waals surface area contributed by atoms with E-state index in [1.807, 2.05) is 20.8 Å². The lowest BCUT2D eigenvalue weighted by molar-refractivity contribution is 0.0518. The minimum atomic E-state index is -0.785. The summed E-state index contributed by atoms with van der Waals surface area (Å²) in [6.07, 6.45) is 4.96. The zero-order valence-corrected chi connectivity index (χ0v) is 14.4. The smallest absolute Gasteiger partial charge is 0.347 e. The maximum Gasteiger partial charge on any atom is 0.347 e. The fourth-order valence-electron chi connectivity index (χ4n) is 3.00. The van der Waals surface area contributed by atoms with Crippen molar-refractivity contribution in [2.75, 3.05) is 6.61 Å². The van der Waals surface area contributed by atoms with Crippen LogP contribution >= 0.6 is 0 Å². The Kier molecular flexibility index (Phi) is 5.12. The van der Waals surface area contributed by atoms with E-state index in [0.717, 1.165) is 32.1 Å². The third-order valence-corrected chi connectivity index (χ3v) is 4.20. The minimum absolute atomic E-state index is 0.0221. The van der Waals surface area contributed by atoms with Crippen LogP contribution in [0.4, 0.5) is 0 Å². The van der Waals surface area contributed by atoms with Gasteiger partial charge >= 0.3 is 5.97 Å². The maximum absolute atomic E-state index is 12.7. The van der Waals surface area contributed by atoms with Crippen LogP contribution in [-0.4, -0.2) is 27.5 Å². The topological polar surface area (TPSA) is 81.4 Å². The Hall–Kier alpha value is -1.85. The average molecular weight is 322 g/mol. The van der Waals surface area contributed by atoms with Crippen molar-refractivity contribution in [1.29, 1.82) is 0 Å². The van der Waals surface area contributed by atoms with Crippen molar-refractivity contribution in [2.24, 2.45) is 0 Å². The van der Waals surface area contributed by atoms with Gasteiger partial charge in [0.2, 0.25) is 0 Å². The van der Waals surface area contributed by atoms with E-state index < -0.39 is 16.9 Å². The van der Waals surface area contributed by atoms with Gasteiger partial charge in [-0.3, -0.25) is 4.79 Å². The number of esters is 1. The Bertz CT molecular complexity index is 637. The number of carbonyl (C=O) groups excluding carboxylic acids is 1. The average Bonchev–Trinajstić information content (AvgIpc) is 2.47. The zero-order valence-electron chi connectivity index (χ0n) is 14.4. The van der Waals surface area contributed by atoms with Crippen LogP contribution in [0, 0.1) is 0 Å². The fourth-order valence-corrected chi connectivity index (χ4v) is 3.00. The van der Waals surface area contributed by atoms with Gasteiger partial charge in [-0.15, -0.1) is 0 Å². The number of hydrogen-bond donors (Lipinski definition) is 1. The summed E-state index contributed by atoms with van der Waals surface area (Å²) in [6.45, 7) is 7.48. The highest BCUT2D eigenvalue weighted by Gasteiger charge is 2.31. The number of ether oxygens (including phenoxy) is 1. The molecule has 1 aliphatic rings. The van der Waals surface area contributed by atoms with Crippen LogP contribution in [0.3, 0.4) is 0 Å². The van der Waals surface area contributed by atoms with Crippen molar-refractivity contribution >= 4 is 5.97 Å². The number of aromatic nitrogens is 2. The quantitative estimate of drug-likeness (QED) is 0.865. The van der Waals surface area contributed by atoms with Crippen LogP contribution < -0.4 is 5.56 Å². The van der Waals surface area contributed by atoms with Crippen molar-refractivity contribution in [3.05, 3.63) is 21.6 Å². The molecule has 1 heterocycles. The molecule has 0 aromatic carbocycles. The van der Waals surface area contributed by atoms with Crippen LogP contribution in [0.15, 0.2) is 4.79 Å². The first-order chi connectivity index (χ1) is 10.8. The Morgan fingerprint density at radius 3 is 2.43 bits per heavy atom. The molecule has 0 unspecified atom stereocenters. The molecule has 0 bridgehead atoms. The molecule has 0 spiro atoms. The summed E-state index contributed by atoms with van der Waals surface area (Å²) in [4.78, 5) is 24.9. The first-order valence-corrected chi connectivity index (χ1v) is 8.30. The lowest BCUT2D eigenvalue weighted by Crippen LogP contribution is -2.36. The summed E-state index contributed by atoms with van der Waals surface area (Å²) >= 11 is 0. The number of rotatable bonds is 3. The van der Waals surface area contributed by atoms with E-state index in [1.165, 1.54) is 4.68 Å². The van der Waals surface area contributed by atoms with Crippen LogP contribution in [0.25, 0.3) is 0 Å². The SMILES string of the molecule is CCOC(=O)c1c(O)c(C(C)(C)C)nn(C2CCCCC2)c1=O. The highest BCUT2D eigenvalue weighted by Crippen LogP contribution is 2.32. The van der Waals surface area contributed by atoms with Crippen LogP contribution in [-0.2, 0) is 10.2 Å². The number of hydrogen-bond acceptors (Lipinski definition) is 5. The molecule has 128 valence electrons. The lowest BCUT2D eigenvalue weighted by atomic mass is 9.90. The van der Waals surface area contributed by atoms with Crippen LogP contribution in [0.1, 0.15) is 81.9 Å². The molecule has 6 heteroatoms. The number of aromatic hydroxyl groups is 1. The van der Waals surface area contributed by atoms with Gasteiger partial charge in [0, 0.05) is 5.41 Å². The highest BCUT2D eigenvalue weighted by atomic mass is 16.5. The molecule has 23 heavy (non-hydrogen) atoms. The molecular weight excluding hydrogens is 296 g/mol. The molecule has 0 atom stereocenters. The Morgan fingerprint density at radius 2 is 1.91 bits per heavy atom. The molecule has 1 aromatic rings. The molecule has 1 aromatic heterocycles. The van der Waals surface area contributed by atoms with Crippen molar-refractivity contribution in [3.63, 3.8) is 0 Å². The molecule has 6 nitrogen and oxygen atoms in total. The summed E-state index contributed by atoms with van der Waals surface area (Å²) in [6, 6.07) is -0.0221. The van der Waals surface area contributed by atoms with Crippen molar-refractivity contribution in [1.82, 2.24) is 9.78 Å². The summed E-state index contributed by atoms with van der Waals surface area (Å²) in [5, 5.41) is 14.9. The fraction of sp³-hybridized carbons (Fsp3) is 0.706. The van der Waals surface area contributed by atoms with E-state index in [2.05, 4.69) is 5.10 Å². The van der Waals surface area contributed by atoms with E-state index in [9.17, 15) is 14.7 Å². The van der Waals surface area contributed by atoms with Crippen LogP contribution in [0.5, 0.6) is 5.75 Å². The van der Waals surface area contributed by atoms with E-state index in [4.69, 9.17) is 4.74 Å². The molecule has 1 fully saturated rings. The molecule has 0 saturated heterocycles. The summed E-state index contributed by atoms with van der Waals surface area (Å²) in [7, 11) is 0. The first-order valence-electron chi connectivity index (χ1n) is 8.30. The normalized spacial score (nSPS) is 16.3. The second-order valence-corrected chi connectivity index (χ2v) is 7.08. The van der Waals surface area contributed by atoms with Gasteiger partial charge in [-0.05, 0) is 19.8 Å². The predicted molar refractivity (Wildman–Crippen MR) is 86.9 cm³/mol. The molecule has 2 rings (SSSR count). The first kappa shape index (κ1) is 17.5. The third-order valence-electron chi connectivity index (χ3n) is 4.20. The van der Waals surface area contributed by atoms with E-state index in [1.54, 1.807) is 6.92 Å².